The van der Waals surface area contributed by atoms with E-state index in [4.69, 9.17) is 5.73 Å². The number of nitrogens with two attached hydrogens (primary N) is 1. The van der Waals surface area contributed by atoms with Crippen LogP contribution in [0.5, 0.6) is 0 Å². The molecule has 102 valence electrons. The van der Waals surface area contributed by atoms with Crippen LogP contribution in [0.2, 0.25) is 0 Å². The monoisotopic (exact) mass is 248 g/mol. The van der Waals surface area contributed by atoms with E-state index in [2.05, 4.69) is 57.8 Å². The van der Waals surface area contributed by atoms with E-state index in [9.17, 15) is 0 Å². The van der Waals surface area contributed by atoms with Crippen LogP contribution in [0.25, 0.3) is 0 Å². The Balaban J connectivity index is 2.84. The SMILES string of the molecule is CCCC(C)N(C)c1ccc(CC(C)N)cc1C. The molecule has 1 aromatic rings. The van der Waals surface area contributed by atoms with Crippen LogP contribution in [0.1, 0.15) is 44.7 Å². The lowest BCUT2D eigenvalue weighted by atomic mass is 10.0. The number of hydrogen-bond acceptors (Lipinski definition) is 2. The second kappa shape index (κ2) is 6.79. The molecule has 0 spiro atoms. The van der Waals surface area contributed by atoms with Gasteiger partial charge in [-0.2, -0.15) is 0 Å². The van der Waals surface area contributed by atoms with Crippen molar-refractivity contribution in [3.8, 4) is 0 Å². The first kappa shape index (κ1) is 15.0. The summed E-state index contributed by atoms with van der Waals surface area (Å²) in [5.74, 6) is 0. The van der Waals surface area contributed by atoms with Gasteiger partial charge in [0.2, 0.25) is 0 Å². The number of rotatable bonds is 6. The maximum atomic E-state index is 5.85. The lowest BCUT2D eigenvalue weighted by molar-refractivity contribution is 0.615. The fourth-order valence-electron chi connectivity index (χ4n) is 2.46. The summed E-state index contributed by atoms with van der Waals surface area (Å²) in [6.07, 6.45) is 3.42. The Bertz CT molecular complexity index is 371. The van der Waals surface area contributed by atoms with Gasteiger partial charge in [0.25, 0.3) is 0 Å². The summed E-state index contributed by atoms with van der Waals surface area (Å²) in [7, 11) is 2.19. The summed E-state index contributed by atoms with van der Waals surface area (Å²) in [5, 5.41) is 0. The molecule has 0 bridgehead atoms. The van der Waals surface area contributed by atoms with Gasteiger partial charge in [0.15, 0.2) is 0 Å². The highest BCUT2D eigenvalue weighted by Crippen LogP contribution is 2.23. The predicted molar refractivity (Wildman–Crippen MR) is 81.3 cm³/mol. The van der Waals surface area contributed by atoms with Gasteiger partial charge in [0, 0.05) is 24.8 Å². The van der Waals surface area contributed by atoms with Crippen LogP contribution < -0.4 is 10.6 Å². The molecule has 0 fully saturated rings. The van der Waals surface area contributed by atoms with E-state index in [1.54, 1.807) is 0 Å². The Morgan fingerprint density at radius 1 is 1.28 bits per heavy atom. The van der Waals surface area contributed by atoms with Crippen LogP contribution in [0.15, 0.2) is 18.2 Å². The Morgan fingerprint density at radius 3 is 2.44 bits per heavy atom. The largest absolute Gasteiger partial charge is 0.372 e. The third-order valence-corrected chi connectivity index (χ3v) is 3.57. The van der Waals surface area contributed by atoms with E-state index in [0.29, 0.717) is 6.04 Å². The van der Waals surface area contributed by atoms with Gasteiger partial charge in [-0.25, -0.2) is 0 Å². The van der Waals surface area contributed by atoms with Crippen LogP contribution in [-0.4, -0.2) is 19.1 Å². The molecule has 0 amide bonds. The van der Waals surface area contributed by atoms with Crippen molar-refractivity contribution in [2.45, 2.75) is 59.0 Å². The lowest BCUT2D eigenvalue weighted by Gasteiger charge is -2.28. The quantitative estimate of drug-likeness (QED) is 0.834. The molecule has 18 heavy (non-hydrogen) atoms. The Labute approximate surface area is 112 Å². The van der Waals surface area contributed by atoms with Crippen LogP contribution >= 0.6 is 0 Å². The molecule has 0 radical (unpaired) electrons. The fraction of sp³-hybridized carbons (Fsp3) is 0.625. The number of aryl methyl sites for hydroxylation is 1. The summed E-state index contributed by atoms with van der Waals surface area (Å²) in [5.41, 5.74) is 9.87. The van der Waals surface area contributed by atoms with Crippen molar-refractivity contribution < 1.29 is 0 Å². The van der Waals surface area contributed by atoms with Crippen LogP contribution in [0.3, 0.4) is 0 Å². The molecule has 0 saturated carbocycles. The molecule has 0 aliphatic heterocycles. The third kappa shape index (κ3) is 4.02. The number of benzene rings is 1. The summed E-state index contributed by atoms with van der Waals surface area (Å²) >= 11 is 0. The van der Waals surface area contributed by atoms with Crippen LogP contribution in [-0.2, 0) is 6.42 Å². The molecular formula is C16H28N2. The van der Waals surface area contributed by atoms with E-state index < -0.39 is 0 Å². The summed E-state index contributed by atoms with van der Waals surface area (Å²) in [6.45, 7) is 8.77. The molecule has 2 nitrogen and oxygen atoms in total. The zero-order chi connectivity index (χ0) is 13.7. The first-order chi connectivity index (χ1) is 8.45. The average molecular weight is 248 g/mol. The second-order valence-electron chi connectivity index (χ2n) is 5.55. The molecule has 2 unspecified atom stereocenters. The minimum absolute atomic E-state index is 0.229. The smallest absolute Gasteiger partial charge is 0.0395 e. The molecule has 2 atom stereocenters. The van der Waals surface area contributed by atoms with Crippen molar-refractivity contribution in [2.24, 2.45) is 5.73 Å². The molecule has 0 aliphatic rings. The van der Waals surface area contributed by atoms with E-state index in [1.165, 1.54) is 29.7 Å². The van der Waals surface area contributed by atoms with Crippen molar-refractivity contribution in [2.75, 3.05) is 11.9 Å². The van der Waals surface area contributed by atoms with Gasteiger partial charge in [-0.15, -0.1) is 0 Å². The Hall–Kier alpha value is -1.02. The predicted octanol–water partition coefficient (Wildman–Crippen LogP) is 3.51. The summed E-state index contributed by atoms with van der Waals surface area (Å²) < 4.78 is 0. The maximum Gasteiger partial charge on any atom is 0.0395 e. The second-order valence-corrected chi connectivity index (χ2v) is 5.55. The van der Waals surface area contributed by atoms with Gasteiger partial charge in [-0.05, 0) is 50.8 Å². The van der Waals surface area contributed by atoms with Gasteiger partial charge in [-0.1, -0.05) is 25.5 Å². The van der Waals surface area contributed by atoms with Gasteiger partial charge >= 0.3 is 0 Å². The van der Waals surface area contributed by atoms with Gasteiger partial charge < -0.3 is 10.6 Å². The normalized spacial score (nSPS) is 14.3. The zero-order valence-corrected chi connectivity index (χ0v) is 12.5. The molecule has 0 aromatic heterocycles. The van der Waals surface area contributed by atoms with Gasteiger partial charge in [0.05, 0.1) is 0 Å². The molecular weight excluding hydrogens is 220 g/mol. The van der Waals surface area contributed by atoms with E-state index >= 15 is 0 Å². The standard InChI is InChI=1S/C16H28N2/c1-6-7-14(4)18(5)16-9-8-15(10-12(16)2)11-13(3)17/h8-10,13-14H,6-7,11,17H2,1-5H3. The first-order valence-corrected chi connectivity index (χ1v) is 7.03. The Morgan fingerprint density at radius 2 is 1.94 bits per heavy atom. The van der Waals surface area contributed by atoms with Crippen molar-refractivity contribution in [3.63, 3.8) is 0 Å². The molecule has 1 rings (SSSR count). The minimum Gasteiger partial charge on any atom is -0.372 e. The highest BCUT2D eigenvalue weighted by molar-refractivity contribution is 5.54. The summed E-state index contributed by atoms with van der Waals surface area (Å²) in [4.78, 5) is 2.38. The first-order valence-electron chi connectivity index (χ1n) is 7.03. The molecule has 2 N–H and O–H groups in total. The zero-order valence-electron chi connectivity index (χ0n) is 12.5. The van der Waals surface area contributed by atoms with Crippen LogP contribution in [0, 0.1) is 6.92 Å². The van der Waals surface area contributed by atoms with Crippen molar-refractivity contribution in [1.82, 2.24) is 0 Å². The highest BCUT2D eigenvalue weighted by atomic mass is 15.1. The minimum atomic E-state index is 0.229. The molecule has 0 heterocycles. The van der Waals surface area contributed by atoms with Gasteiger partial charge in [-0.3, -0.25) is 0 Å². The van der Waals surface area contributed by atoms with E-state index in [0.717, 1.165) is 6.42 Å². The third-order valence-electron chi connectivity index (χ3n) is 3.57. The number of hydrogen-bond donors (Lipinski definition) is 1. The lowest BCUT2D eigenvalue weighted by Crippen LogP contribution is -2.29. The average Bonchev–Trinajstić information content (AvgIpc) is 2.28. The van der Waals surface area contributed by atoms with E-state index in [-0.39, 0.29) is 6.04 Å². The van der Waals surface area contributed by atoms with Crippen molar-refractivity contribution in [1.29, 1.82) is 0 Å². The Kier molecular flexibility index (Phi) is 5.67. The summed E-state index contributed by atoms with van der Waals surface area (Å²) in [6, 6.07) is 7.54. The molecule has 0 aliphatic carbocycles. The topological polar surface area (TPSA) is 29.3 Å². The van der Waals surface area contributed by atoms with Crippen molar-refractivity contribution in [3.05, 3.63) is 29.3 Å². The highest BCUT2D eigenvalue weighted by Gasteiger charge is 2.11. The molecule has 0 saturated heterocycles. The number of nitrogens with zero attached hydrogens (tertiary/aromatic N) is 1. The maximum absolute atomic E-state index is 5.85. The molecule has 1 aromatic carbocycles. The van der Waals surface area contributed by atoms with Gasteiger partial charge in [0.1, 0.15) is 0 Å². The molecule has 2 heteroatoms. The fourth-order valence-corrected chi connectivity index (χ4v) is 2.46. The van der Waals surface area contributed by atoms with Crippen molar-refractivity contribution >= 4 is 5.69 Å². The number of anilines is 1. The van der Waals surface area contributed by atoms with Crippen LogP contribution in [0.4, 0.5) is 5.69 Å². The van der Waals surface area contributed by atoms with E-state index in [1.807, 2.05) is 0 Å².